The van der Waals surface area contributed by atoms with Crippen LogP contribution < -0.4 is 15.8 Å². The molecule has 12 heteroatoms. The lowest BCUT2D eigenvalue weighted by atomic mass is 9.94. The van der Waals surface area contributed by atoms with E-state index in [9.17, 15) is 19.2 Å². The third-order valence-electron chi connectivity index (χ3n) is 7.11. The van der Waals surface area contributed by atoms with Gasteiger partial charge in [-0.2, -0.15) is 0 Å². The van der Waals surface area contributed by atoms with Crippen molar-refractivity contribution < 1.29 is 23.9 Å². The molecule has 3 aromatic rings. The van der Waals surface area contributed by atoms with Gasteiger partial charge in [-0.15, -0.1) is 0 Å². The molecule has 2 aliphatic rings. The first-order valence-corrected chi connectivity index (χ1v) is 14.5. The van der Waals surface area contributed by atoms with E-state index in [4.69, 9.17) is 27.1 Å². The van der Waals surface area contributed by atoms with Crippen molar-refractivity contribution in [1.82, 2.24) is 20.1 Å². The maximum absolute atomic E-state index is 14.5. The highest BCUT2D eigenvalue weighted by atomic mass is 35.5. The fourth-order valence-corrected chi connectivity index (χ4v) is 5.38. The van der Waals surface area contributed by atoms with Gasteiger partial charge in [0.2, 0.25) is 11.8 Å². The first-order valence-electron chi connectivity index (χ1n) is 14.1. The molecule has 0 spiro atoms. The number of carbonyl (C=O) groups is 4. The SMILES string of the molecule is CC(C)(C)Oc1cc(C(=O)CC(N)=O)ccc1C1=N[C@@H](c2cccnc2)[C@@H](c2ccc(Cl)cc2)N1C(=O)N1CCNC(=O)C1. The van der Waals surface area contributed by atoms with Crippen LogP contribution in [-0.2, 0) is 9.59 Å². The van der Waals surface area contributed by atoms with Gasteiger partial charge in [0, 0.05) is 36.1 Å². The van der Waals surface area contributed by atoms with Gasteiger partial charge in [0.1, 0.15) is 29.8 Å². The molecule has 1 fully saturated rings. The van der Waals surface area contributed by atoms with Crippen LogP contribution in [0.5, 0.6) is 5.75 Å². The topological polar surface area (TPSA) is 147 Å². The van der Waals surface area contributed by atoms with Crippen LogP contribution in [0.2, 0.25) is 5.02 Å². The van der Waals surface area contributed by atoms with Crippen LogP contribution in [0.4, 0.5) is 4.79 Å². The van der Waals surface area contributed by atoms with E-state index in [1.54, 1.807) is 53.7 Å². The summed E-state index contributed by atoms with van der Waals surface area (Å²) in [7, 11) is 0. The second-order valence-electron chi connectivity index (χ2n) is 11.6. The number of ether oxygens (including phenoxy) is 1. The molecule has 3 heterocycles. The fourth-order valence-electron chi connectivity index (χ4n) is 5.25. The number of hydrogen-bond acceptors (Lipinski definition) is 7. The minimum atomic E-state index is -0.745. The molecule has 1 saturated heterocycles. The molecule has 3 N–H and O–H groups in total. The molecule has 44 heavy (non-hydrogen) atoms. The summed E-state index contributed by atoms with van der Waals surface area (Å²) in [5, 5.41) is 3.30. The predicted octanol–water partition coefficient (Wildman–Crippen LogP) is 4.07. The second kappa shape index (κ2) is 12.5. The number of Topliss-reactive ketones (excluding diaryl/α,β-unsaturated/α-hetero) is 1. The number of nitrogens with two attached hydrogens (primary N) is 1. The maximum atomic E-state index is 14.5. The first kappa shape index (κ1) is 30.7. The van der Waals surface area contributed by atoms with Gasteiger partial charge < -0.3 is 20.7 Å². The van der Waals surface area contributed by atoms with Gasteiger partial charge in [-0.05, 0) is 62.2 Å². The number of nitrogens with zero attached hydrogens (tertiary/aromatic N) is 4. The van der Waals surface area contributed by atoms with E-state index in [1.807, 2.05) is 39.0 Å². The van der Waals surface area contributed by atoms with Crippen molar-refractivity contribution in [2.75, 3.05) is 19.6 Å². The van der Waals surface area contributed by atoms with E-state index in [2.05, 4.69) is 10.3 Å². The van der Waals surface area contributed by atoms with Crippen molar-refractivity contribution >= 4 is 41.1 Å². The molecular formula is C32H33ClN6O5. The summed E-state index contributed by atoms with van der Waals surface area (Å²) < 4.78 is 6.33. The summed E-state index contributed by atoms with van der Waals surface area (Å²) in [6, 6.07) is 14.0. The zero-order chi connectivity index (χ0) is 31.6. The number of benzene rings is 2. The second-order valence-corrected chi connectivity index (χ2v) is 12.0. The molecule has 2 aromatic carbocycles. The van der Waals surface area contributed by atoms with Crippen molar-refractivity contribution in [3.05, 3.63) is 94.3 Å². The van der Waals surface area contributed by atoms with Gasteiger partial charge in [-0.25, -0.2) is 4.79 Å². The lowest BCUT2D eigenvalue weighted by Crippen LogP contribution is -2.55. The van der Waals surface area contributed by atoms with Crippen LogP contribution in [0.3, 0.4) is 0 Å². The Hall–Kier alpha value is -4.77. The molecule has 1 aromatic heterocycles. The minimum Gasteiger partial charge on any atom is -0.487 e. The lowest BCUT2D eigenvalue weighted by Gasteiger charge is -2.36. The number of amides is 4. The molecule has 0 aliphatic carbocycles. The molecular weight excluding hydrogens is 584 g/mol. The molecule has 2 aliphatic heterocycles. The van der Waals surface area contributed by atoms with Crippen molar-refractivity contribution in [3.8, 4) is 5.75 Å². The summed E-state index contributed by atoms with van der Waals surface area (Å²) in [4.78, 5) is 63.6. The van der Waals surface area contributed by atoms with Crippen LogP contribution in [-0.4, -0.2) is 69.5 Å². The number of nitrogens with one attached hydrogen (secondary N) is 1. The average molecular weight is 617 g/mol. The number of urea groups is 1. The van der Waals surface area contributed by atoms with Crippen molar-refractivity contribution in [1.29, 1.82) is 0 Å². The van der Waals surface area contributed by atoms with Gasteiger partial charge in [0.15, 0.2) is 5.78 Å². The normalized spacial score (nSPS) is 18.5. The molecule has 11 nitrogen and oxygen atoms in total. The van der Waals surface area contributed by atoms with Crippen LogP contribution in [0.25, 0.3) is 0 Å². The van der Waals surface area contributed by atoms with Gasteiger partial charge in [0.05, 0.1) is 18.0 Å². The number of halogens is 1. The highest BCUT2D eigenvalue weighted by Gasteiger charge is 2.45. The summed E-state index contributed by atoms with van der Waals surface area (Å²) >= 11 is 6.24. The summed E-state index contributed by atoms with van der Waals surface area (Å²) in [6.45, 7) is 6.09. The van der Waals surface area contributed by atoms with Gasteiger partial charge in [-0.1, -0.05) is 35.9 Å². The van der Waals surface area contributed by atoms with E-state index in [0.29, 0.717) is 35.3 Å². The van der Waals surface area contributed by atoms with E-state index in [0.717, 1.165) is 11.1 Å². The quantitative estimate of drug-likeness (QED) is 0.302. The third-order valence-corrected chi connectivity index (χ3v) is 7.37. The molecule has 0 saturated carbocycles. The number of carbonyl (C=O) groups excluding carboxylic acids is 4. The Kier molecular flexibility index (Phi) is 8.68. The number of pyridine rings is 1. The fraction of sp³-hybridized carbons (Fsp3) is 0.312. The van der Waals surface area contributed by atoms with Crippen LogP contribution >= 0.6 is 11.6 Å². The number of rotatable bonds is 7. The summed E-state index contributed by atoms with van der Waals surface area (Å²) in [5.41, 5.74) is 6.80. The summed E-state index contributed by atoms with van der Waals surface area (Å²) in [5.74, 6) is -0.880. The Morgan fingerprint density at radius 3 is 2.48 bits per heavy atom. The molecule has 2 atom stereocenters. The monoisotopic (exact) mass is 616 g/mol. The number of ketones is 1. The smallest absolute Gasteiger partial charge is 0.326 e. The zero-order valence-corrected chi connectivity index (χ0v) is 25.4. The number of hydrogen-bond donors (Lipinski definition) is 2. The molecule has 0 unspecified atom stereocenters. The molecule has 4 amide bonds. The van der Waals surface area contributed by atoms with Gasteiger partial charge in [-0.3, -0.25) is 29.3 Å². The van der Waals surface area contributed by atoms with E-state index in [-0.39, 0.29) is 18.0 Å². The minimum absolute atomic E-state index is 0.112. The van der Waals surface area contributed by atoms with E-state index in [1.165, 1.54) is 4.90 Å². The standard InChI is InChI=1S/C32H33ClN6O5/c1-32(2,3)44-25-15-20(24(40)16-26(34)41)8-11-23(25)30-37-28(21-5-4-12-35-17-21)29(19-6-9-22(33)10-7-19)39(30)31(43)38-14-13-36-27(42)18-38/h4-12,15,17,28-29H,13-14,16,18H2,1-3H3,(H2,34,41)(H,36,42)/t28-,29+/m0/s1. The van der Waals surface area contributed by atoms with E-state index < -0.39 is 41.8 Å². The zero-order valence-electron chi connectivity index (χ0n) is 24.6. The van der Waals surface area contributed by atoms with Crippen LogP contribution in [0.1, 0.15) is 66.3 Å². The van der Waals surface area contributed by atoms with Gasteiger partial charge in [0.25, 0.3) is 0 Å². The number of piperazine rings is 1. The third kappa shape index (κ3) is 6.73. The Labute approximate surface area is 260 Å². The highest BCUT2D eigenvalue weighted by molar-refractivity contribution is 6.30. The highest BCUT2D eigenvalue weighted by Crippen LogP contribution is 2.45. The molecule has 228 valence electrons. The molecule has 5 rings (SSSR count). The maximum Gasteiger partial charge on any atom is 0.326 e. The average Bonchev–Trinajstić information content (AvgIpc) is 3.36. The predicted molar refractivity (Wildman–Crippen MR) is 164 cm³/mol. The Balaban J connectivity index is 1.71. The van der Waals surface area contributed by atoms with Crippen molar-refractivity contribution in [2.45, 2.75) is 44.9 Å². The summed E-state index contributed by atoms with van der Waals surface area (Å²) in [6.07, 6.45) is 2.90. The van der Waals surface area contributed by atoms with Crippen molar-refractivity contribution in [3.63, 3.8) is 0 Å². The van der Waals surface area contributed by atoms with E-state index >= 15 is 0 Å². The first-order chi connectivity index (χ1) is 20.9. The number of aromatic nitrogens is 1. The number of primary amides is 1. The van der Waals surface area contributed by atoms with Crippen LogP contribution in [0.15, 0.2) is 72.0 Å². The Bertz CT molecular complexity index is 1620. The molecule has 0 bridgehead atoms. The number of aliphatic imine (C=N–C) groups is 1. The Morgan fingerprint density at radius 2 is 1.84 bits per heavy atom. The lowest BCUT2D eigenvalue weighted by molar-refractivity contribution is -0.123. The van der Waals surface area contributed by atoms with Crippen LogP contribution in [0, 0.1) is 0 Å². The molecule has 0 radical (unpaired) electrons. The number of amidine groups is 1. The Morgan fingerprint density at radius 1 is 1.09 bits per heavy atom. The largest absolute Gasteiger partial charge is 0.487 e. The van der Waals surface area contributed by atoms with Crippen molar-refractivity contribution in [2.24, 2.45) is 10.7 Å². The van der Waals surface area contributed by atoms with Gasteiger partial charge >= 0.3 is 6.03 Å².